The number of benzene rings is 4. The number of aryl methyl sites for hydroxylation is 1. The lowest BCUT2D eigenvalue weighted by molar-refractivity contribution is -0.123. The molecule has 0 aliphatic carbocycles. The van der Waals surface area contributed by atoms with Crippen molar-refractivity contribution < 1.29 is 23.9 Å². The summed E-state index contributed by atoms with van der Waals surface area (Å²) in [5, 5.41) is 5.88. The number of para-hydroxylation sites is 2. The van der Waals surface area contributed by atoms with Crippen molar-refractivity contribution in [3.63, 3.8) is 0 Å². The van der Waals surface area contributed by atoms with Crippen LogP contribution in [0.3, 0.4) is 0 Å². The van der Waals surface area contributed by atoms with E-state index in [0.717, 1.165) is 29.8 Å². The van der Waals surface area contributed by atoms with Crippen molar-refractivity contribution in [3.8, 4) is 11.1 Å². The summed E-state index contributed by atoms with van der Waals surface area (Å²) in [5.74, 6) is -1.03. The molecule has 246 valence electrons. The number of hydrogen-bond donors (Lipinski definition) is 2. The number of ether oxygens (including phenoxy) is 1. The molecule has 0 aromatic heterocycles. The Morgan fingerprint density at radius 2 is 1.48 bits per heavy atom. The Bertz CT molecular complexity index is 1780. The Morgan fingerprint density at radius 1 is 0.792 bits per heavy atom. The van der Waals surface area contributed by atoms with Crippen molar-refractivity contribution in [2.45, 2.75) is 13.3 Å². The molecule has 0 bridgehead atoms. The number of rotatable bonds is 9. The summed E-state index contributed by atoms with van der Waals surface area (Å²) in [6.07, 6.45) is 0.0655. The van der Waals surface area contributed by atoms with Crippen LogP contribution in [-0.4, -0.2) is 81.0 Å². The number of nitrogens with one attached hydrogen (secondary N) is 2. The van der Waals surface area contributed by atoms with E-state index in [1.165, 1.54) is 4.90 Å². The molecular formula is C38H39N5O5. The summed E-state index contributed by atoms with van der Waals surface area (Å²) >= 11 is 0. The summed E-state index contributed by atoms with van der Waals surface area (Å²) in [6.45, 7) is 6.28. The molecule has 2 aliphatic rings. The first-order chi connectivity index (χ1) is 23.4. The molecule has 48 heavy (non-hydrogen) atoms. The molecule has 10 heteroatoms. The highest BCUT2D eigenvalue weighted by molar-refractivity contribution is 6.12. The smallest absolute Gasteiger partial charge is 0.258 e. The minimum atomic E-state index is -0.283. The van der Waals surface area contributed by atoms with Gasteiger partial charge in [0.1, 0.15) is 6.54 Å². The van der Waals surface area contributed by atoms with E-state index in [1.54, 1.807) is 53.4 Å². The summed E-state index contributed by atoms with van der Waals surface area (Å²) in [7, 11) is 0. The minimum Gasteiger partial charge on any atom is -0.379 e. The van der Waals surface area contributed by atoms with Crippen LogP contribution < -0.4 is 20.4 Å². The van der Waals surface area contributed by atoms with Gasteiger partial charge in [0.15, 0.2) is 0 Å². The van der Waals surface area contributed by atoms with Crippen molar-refractivity contribution in [2.75, 3.05) is 67.6 Å². The molecule has 0 saturated carbocycles. The fourth-order valence-corrected chi connectivity index (χ4v) is 6.00. The average molecular weight is 646 g/mol. The average Bonchev–Trinajstić information content (AvgIpc) is 3.25. The first-order valence-electron chi connectivity index (χ1n) is 16.2. The van der Waals surface area contributed by atoms with Crippen LogP contribution in [0.25, 0.3) is 11.1 Å². The molecule has 1 fully saturated rings. The Morgan fingerprint density at radius 3 is 2.23 bits per heavy atom. The van der Waals surface area contributed by atoms with Gasteiger partial charge in [-0.25, -0.2) is 0 Å². The maximum atomic E-state index is 13.8. The fraction of sp³-hybridized carbons (Fsp3) is 0.263. The first kappa shape index (κ1) is 32.6. The predicted molar refractivity (Wildman–Crippen MR) is 186 cm³/mol. The van der Waals surface area contributed by atoms with Crippen molar-refractivity contribution in [3.05, 3.63) is 114 Å². The Labute approximate surface area is 280 Å². The molecule has 6 rings (SSSR count). The van der Waals surface area contributed by atoms with Gasteiger partial charge in [0, 0.05) is 56.0 Å². The Hall–Kier alpha value is -5.32. The summed E-state index contributed by atoms with van der Waals surface area (Å²) < 4.78 is 5.38. The van der Waals surface area contributed by atoms with Gasteiger partial charge in [-0.05, 0) is 60.5 Å². The van der Waals surface area contributed by atoms with Crippen LogP contribution in [0.4, 0.5) is 17.1 Å². The number of morpholine rings is 1. The van der Waals surface area contributed by atoms with E-state index in [0.29, 0.717) is 54.5 Å². The van der Waals surface area contributed by atoms with E-state index in [9.17, 15) is 19.2 Å². The number of fused-ring (bicyclic) bond motifs is 1. The van der Waals surface area contributed by atoms with Crippen molar-refractivity contribution >= 4 is 40.7 Å². The molecule has 0 radical (unpaired) electrons. The number of hydrogen-bond acceptors (Lipinski definition) is 6. The second-order valence-electron chi connectivity index (χ2n) is 11.9. The fourth-order valence-electron chi connectivity index (χ4n) is 6.00. The molecule has 0 atom stereocenters. The largest absolute Gasteiger partial charge is 0.379 e. The third-order valence-corrected chi connectivity index (χ3v) is 8.64. The van der Waals surface area contributed by atoms with Crippen molar-refractivity contribution in [1.29, 1.82) is 0 Å². The van der Waals surface area contributed by atoms with Crippen LogP contribution in [0.5, 0.6) is 0 Å². The highest BCUT2D eigenvalue weighted by Crippen LogP contribution is 2.34. The standard InChI is InChI=1S/C38H39N5O5/c1-27-10-12-28(13-11-27)31-6-2-3-7-32(31)37(46)40-30-16-14-29(15-17-30)38(47)42-20-18-36(45)43(34-9-5-4-8-33(34)42)26-35(44)39-19-21-41-22-24-48-25-23-41/h2-17H,18-26H2,1H3,(H,39,44)(H,40,46). The lowest BCUT2D eigenvalue weighted by atomic mass is 9.98. The molecule has 0 unspecified atom stereocenters. The molecule has 4 aromatic carbocycles. The zero-order valence-electron chi connectivity index (χ0n) is 27.0. The van der Waals surface area contributed by atoms with Crippen LogP contribution in [0, 0.1) is 6.92 Å². The lowest BCUT2D eigenvalue weighted by Gasteiger charge is -2.27. The number of nitrogens with zero attached hydrogens (tertiary/aromatic N) is 3. The quantitative estimate of drug-likeness (QED) is 0.272. The van der Waals surface area contributed by atoms with E-state index in [4.69, 9.17) is 4.74 Å². The van der Waals surface area contributed by atoms with Gasteiger partial charge in [-0.2, -0.15) is 0 Å². The van der Waals surface area contributed by atoms with Gasteiger partial charge in [0.05, 0.1) is 24.6 Å². The normalized spacial score (nSPS) is 15.0. The third-order valence-electron chi connectivity index (χ3n) is 8.64. The molecule has 4 aromatic rings. The predicted octanol–water partition coefficient (Wildman–Crippen LogP) is 4.75. The second-order valence-corrected chi connectivity index (χ2v) is 11.9. The van der Waals surface area contributed by atoms with Gasteiger partial charge in [-0.3, -0.25) is 24.1 Å². The van der Waals surface area contributed by atoms with Crippen LogP contribution in [0.1, 0.15) is 32.7 Å². The molecule has 2 heterocycles. The maximum Gasteiger partial charge on any atom is 0.258 e. The van der Waals surface area contributed by atoms with E-state index in [-0.39, 0.29) is 43.1 Å². The maximum absolute atomic E-state index is 13.8. The van der Waals surface area contributed by atoms with Gasteiger partial charge in [0.25, 0.3) is 11.8 Å². The summed E-state index contributed by atoms with van der Waals surface area (Å²) in [6, 6.07) is 29.3. The molecule has 2 N–H and O–H groups in total. The number of carbonyl (C=O) groups is 4. The van der Waals surface area contributed by atoms with E-state index >= 15 is 0 Å². The van der Waals surface area contributed by atoms with Gasteiger partial charge in [-0.1, -0.05) is 60.2 Å². The van der Waals surface area contributed by atoms with Crippen LogP contribution in [0.15, 0.2) is 97.1 Å². The second kappa shape index (κ2) is 15.1. The Balaban J connectivity index is 1.13. The lowest BCUT2D eigenvalue weighted by Crippen LogP contribution is -2.44. The topological polar surface area (TPSA) is 111 Å². The zero-order valence-corrected chi connectivity index (χ0v) is 27.0. The highest BCUT2D eigenvalue weighted by Gasteiger charge is 2.31. The van der Waals surface area contributed by atoms with Gasteiger partial charge < -0.3 is 25.2 Å². The zero-order chi connectivity index (χ0) is 33.5. The summed E-state index contributed by atoms with van der Waals surface area (Å²) in [5.41, 5.74) is 5.48. The van der Waals surface area contributed by atoms with Crippen LogP contribution >= 0.6 is 0 Å². The molecule has 1 saturated heterocycles. The summed E-state index contributed by atoms with van der Waals surface area (Å²) in [4.78, 5) is 58.6. The Kier molecular flexibility index (Phi) is 10.2. The van der Waals surface area contributed by atoms with E-state index in [1.807, 2.05) is 55.5 Å². The van der Waals surface area contributed by atoms with Crippen LogP contribution in [-0.2, 0) is 14.3 Å². The minimum absolute atomic E-state index is 0.0655. The third kappa shape index (κ3) is 7.62. The van der Waals surface area contributed by atoms with Crippen LogP contribution in [0.2, 0.25) is 0 Å². The first-order valence-corrected chi connectivity index (χ1v) is 16.2. The SMILES string of the molecule is Cc1ccc(-c2ccccc2C(=O)Nc2ccc(C(=O)N3CCC(=O)N(CC(=O)NCCN4CCOCC4)c4ccccc43)cc2)cc1. The number of amides is 4. The van der Waals surface area contributed by atoms with Crippen molar-refractivity contribution in [1.82, 2.24) is 10.2 Å². The molecule has 10 nitrogen and oxygen atoms in total. The van der Waals surface area contributed by atoms with Crippen molar-refractivity contribution in [2.24, 2.45) is 0 Å². The molecule has 4 amide bonds. The van der Waals surface area contributed by atoms with E-state index < -0.39 is 0 Å². The highest BCUT2D eigenvalue weighted by atomic mass is 16.5. The molecular weight excluding hydrogens is 606 g/mol. The monoisotopic (exact) mass is 645 g/mol. The number of carbonyl (C=O) groups excluding carboxylic acids is 4. The van der Waals surface area contributed by atoms with Gasteiger partial charge >= 0.3 is 0 Å². The molecule has 2 aliphatic heterocycles. The van der Waals surface area contributed by atoms with E-state index in [2.05, 4.69) is 15.5 Å². The number of anilines is 3. The van der Waals surface area contributed by atoms with Gasteiger partial charge in [-0.15, -0.1) is 0 Å². The molecule has 0 spiro atoms. The van der Waals surface area contributed by atoms with Gasteiger partial charge in [0.2, 0.25) is 11.8 Å².